The van der Waals surface area contributed by atoms with E-state index in [9.17, 15) is 14.7 Å². The quantitative estimate of drug-likeness (QED) is 0.525. The zero-order valence-corrected chi connectivity index (χ0v) is 13.0. The fourth-order valence-corrected chi connectivity index (χ4v) is 1.98. The minimum absolute atomic E-state index is 0.328. The van der Waals surface area contributed by atoms with E-state index in [1.807, 2.05) is 30.3 Å². The van der Waals surface area contributed by atoms with Crippen molar-refractivity contribution in [3.05, 3.63) is 35.9 Å². The highest BCUT2D eigenvalue weighted by Gasteiger charge is 2.28. The second kappa shape index (κ2) is 9.92. The summed E-state index contributed by atoms with van der Waals surface area (Å²) in [6.45, 7) is 2.24. The highest BCUT2D eigenvalue weighted by atomic mass is 16.5. The number of aliphatic hydroxyl groups excluding tert-OH is 1. The summed E-state index contributed by atoms with van der Waals surface area (Å²) in [4.78, 5) is 22.6. The van der Waals surface area contributed by atoms with E-state index in [4.69, 9.17) is 4.74 Å². The van der Waals surface area contributed by atoms with Gasteiger partial charge in [-0.25, -0.2) is 4.79 Å². The number of aliphatic hydroxyl groups is 1. The molecule has 0 saturated heterocycles. The highest BCUT2D eigenvalue weighted by molar-refractivity contribution is 5.83. The van der Waals surface area contributed by atoms with Crippen LogP contribution in [0.25, 0.3) is 0 Å². The average molecular weight is 309 g/mol. The molecule has 2 atom stereocenters. The lowest BCUT2D eigenvalue weighted by Gasteiger charge is -2.21. The van der Waals surface area contributed by atoms with E-state index in [2.05, 4.69) is 10.1 Å². The number of esters is 1. The minimum Gasteiger partial charge on any atom is -0.467 e. The molecule has 0 aliphatic carbocycles. The van der Waals surface area contributed by atoms with Gasteiger partial charge in [-0.1, -0.05) is 30.3 Å². The van der Waals surface area contributed by atoms with Gasteiger partial charge in [0.25, 0.3) is 0 Å². The summed E-state index contributed by atoms with van der Waals surface area (Å²) in [7, 11) is 1.22. The monoisotopic (exact) mass is 309 g/mol. The van der Waals surface area contributed by atoms with Crippen LogP contribution in [0.15, 0.2) is 30.3 Å². The number of methoxy groups -OCH3 is 1. The fourth-order valence-electron chi connectivity index (χ4n) is 1.98. The molecule has 0 aliphatic rings. The molecule has 0 spiro atoms. The summed E-state index contributed by atoms with van der Waals surface area (Å²) >= 11 is 0. The number of carbonyl (C=O) groups excluding carboxylic acids is 2. The first-order valence-electron chi connectivity index (χ1n) is 7.19. The molecule has 0 heterocycles. The van der Waals surface area contributed by atoms with Crippen LogP contribution in [0.5, 0.6) is 0 Å². The maximum absolute atomic E-state index is 11.5. The maximum Gasteiger partial charge on any atom is 0.331 e. The second-order valence-electron chi connectivity index (χ2n) is 4.95. The number of ether oxygens (including phenoxy) is 2. The Morgan fingerprint density at radius 2 is 1.95 bits per heavy atom. The normalized spacial score (nSPS) is 13.2. The number of hydrogen-bond donors (Lipinski definition) is 2. The lowest BCUT2D eigenvalue weighted by Crippen LogP contribution is -2.48. The molecule has 1 amide bonds. The molecule has 122 valence electrons. The Hall–Kier alpha value is -1.92. The molecular formula is C16H23NO5. The fraction of sp³-hybridized carbons (Fsp3) is 0.500. The molecule has 0 bridgehead atoms. The first kappa shape index (κ1) is 18.1. The van der Waals surface area contributed by atoms with Crippen molar-refractivity contribution in [3.63, 3.8) is 0 Å². The van der Waals surface area contributed by atoms with Crippen molar-refractivity contribution in [2.45, 2.75) is 38.5 Å². The van der Waals surface area contributed by atoms with Gasteiger partial charge in [-0.3, -0.25) is 4.79 Å². The first-order valence-corrected chi connectivity index (χ1v) is 7.19. The third kappa shape index (κ3) is 6.69. The zero-order valence-electron chi connectivity index (χ0n) is 13.0. The lowest BCUT2D eigenvalue weighted by molar-refractivity contribution is -0.148. The van der Waals surface area contributed by atoms with Gasteiger partial charge in [-0.15, -0.1) is 0 Å². The summed E-state index contributed by atoms with van der Waals surface area (Å²) in [6, 6.07) is 8.72. The molecule has 6 nitrogen and oxygen atoms in total. The summed E-state index contributed by atoms with van der Waals surface area (Å²) < 4.78 is 10.1. The van der Waals surface area contributed by atoms with E-state index in [-0.39, 0.29) is 0 Å². The zero-order chi connectivity index (χ0) is 16.4. The van der Waals surface area contributed by atoms with Crippen LogP contribution in [0.4, 0.5) is 0 Å². The predicted octanol–water partition coefficient (Wildman–Crippen LogP) is 1.02. The Morgan fingerprint density at radius 1 is 1.27 bits per heavy atom. The first-order chi connectivity index (χ1) is 10.5. The van der Waals surface area contributed by atoms with Crippen LogP contribution >= 0.6 is 0 Å². The largest absolute Gasteiger partial charge is 0.467 e. The van der Waals surface area contributed by atoms with Crippen LogP contribution in [-0.4, -0.2) is 42.8 Å². The Labute approximate surface area is 130 Å². The van der Waals surface area contributed by atoms with Gasteiger partial charge in [0.05, 0.1) is 19.8 Å². The van der Waals surface area contributed by atoms with Gasteiger partial charge >= 0.3 is 5.97 Å². The molecule has 0 unspecified atom stereocenters. The summed E-state index contributed by atoms with van der Waals surface area (Å²) in [5, 5.41) is 12.4. The second-order valence-corrected chi connectivity index (χ2v) is 4.95. The SMILES string of the molecule is COC(=O)[C@@H](NC(C)=O)[C@H](O)CCCOCc1ccccc1. The number of nitrogens with one attached hydrogen (secondary N) is 1. The summed E-state index contributed by atoms with van der Waals surface area (Å²) in [5.74, 6) is -1.05. The Morgan fingerprint density at radius 3 is 2.55 bits per heavy atom. The third-order valence-electron chi connectivity index (χ3n) is 3.10. The number of carbonyl (C=O) groups is 2. The average Bonchev–Trinajstić information content (AvgIpc) is 2.52. The molecule has 22 heavy (non-hydrogen) atoms. The molecule has 1 rings (SSSR count). The molecule has 0 fully saturated rings. The molecule has 2 N–H and O–H groups in total. The lowest BCUT2D eigenvalue weighted by atomic mass is 10.1. The summed E-state index contributed by atoms with van der Waals surface area (Å²) in [5.41, 5.74) is 1.08. The van der Waals surface area contributed by atoms with Gasteiger partial charge in [0.2, 0.25) is 5.91 Å². The van der Waals surface area contributed by atoms with Gasteiger partial charge in [-0.05, 0) is 18.4 Å². The number of hydrogen-bond acceptors (Lipinski definition) is 5. The molecule has 0 aliphatic heterocycles. The van der Waals surface area contributed by atoms with Crippen LogP contribution in [0.1, 0.15) is 25.3 Å². The van der Waals surface area contributed by atoms with Crippen molar-refractivity contribution in [2.75, 3.05) is 13.7 Å². The Bertz CT molecular complexity index is 463. The van der Waals surface area contributed by atoms with Crippen LogP contribution in [0, 0.1) is 0 Å². The highest BCUT2D eigenvalue weighted by Crippen LogP contribution is 2.07. The van der Waals surface area contributed by atoms with Crippen molar-refractivity contribution < 1.29 is 24.2 Å². The van der Waals surface area contributed by atoms with Gasteiger partial charge < -0.3 is 19.9 Å². The molecule has 6 heteroatoms. The van der Waals surface area contributed by atoms with Gasteiger partial charge in [0, 0.05) is 13.5 Å². The molecular weight excluding hydrogens is 286 g/mol. The molecule has 0 aromatic heterocycles. The topological polar surface area (TPSA) is 84.9 Å². The van der Waals surface area contributed by atoms with Gasteiger partial charge in [-0.2, -0.15) is 0 Å². The number of benzene rings is 1. The number of amides is 1. The minimum atomic E-state index is -1.04. The molecule has 1 aromatic rings. The van der Waals surface area contributed by atoms with E-state index >= 15 is 0 Å². The van der Waals surface area contributed by atoms with E-state index in [0.29, 0.717) is 26.1 Å². The van der Waals surface area contributed by atoms with E-state index in [1.165, 1.54) is 14.0 Å². The van der Waals surface area contributed by atoms with Crippen LogP contribution in [-0.2, 0) is 25.7 Å². The Kier molecular flexibility index (Phi) is 8.17. The third-order valence-corrected chi connectivity index (χ3v) is 3.10. The van der Waals surface area contributed by atoms with Crippen LogP contribution < -0.4 is 5.32 Å². The van der Waals surface area contributed by atoms with Crippen LogP contribution in [0.2, 0.25) is 0 Å². The van der Waals surface area contributed by atoms with E-state index in [0.717, 1.165) is 5.56 Å². The smallest absolute Gasteiger partial charge is 0.331 e. The molecule has 0 radical (unpaired) electrons. The van der Waals surface area contributed by atoms with E-state index in [1.54, 1.807) is 0 Å². The van der Waals surface area contributed by atoms with Gasteiger partial charge in [0.15, 0.2) is 6.04 Å². The van der Waals surface area contributed by atoms with E-state index < -0.39 is 24.0 Å². The standard InChI is InChI=1S/C16H23NO5/c1-12(18)17-15(16(20)21-2)14(19)9-6-10-22-11-13-7-4-3-5-8-13/h3-5,7-8,14-15,19H,6,9-11H2,1-2H3,(H,17,18)/t14-,15+/m1/s1. The van der Waals surface area contributed by atoms with Crippen molar-refractivity contribution in [1.29, 1.82) is 0 Å². The molecule has 0 saturated carbocycles. The maximum atomic E-state index is 11.5. The summed E-state index contributed by atoms with van der Waals surface area (Å²) in [6.07, 6.45) is -0.104. The van der Waals surface area contributed by atoms with Crippen molar-refractivity contribution >= 4 is 11.9 Å². The van der Waals surface area contributed by atoms with Gasteiger partial charge in [0.1, 0.15) is 0 Å². The number of rotatable bonds is 9. The van der Waals surface area contributed by atoms with Crippen molar-refractivity contribution in [1.82, 2.24) is 5.32 Å². The van der Waals surface area contributed by atoms with Crippen LogP contribution in [0.3, 0.4) is 0 Å². The predicted molar refractivity (Wildman–Crippen MR) is 81.0 cm³/mol. The Balaban J connectivity index is 2.29. The van der Waals surface area contributed by atoms with Crippen molar-refractivity contribution in [3.8, 4) is 0 Å². The molecule has 1 aromatic carbocycles. The van der Waals surface area contributed by atoms with Crippen molar-refractivity contribution in [2.24, 2.45) is 0 Å².